The monoisotopic (exact) mass is 320 g/mol. The molecule has 0 amide bonds. The summed E-state index contributed by atoms with van der Waals surface area (Å²) >= 11 is 6.21. The van der Waals surface area contributed by atoms with Crippen LogP contribution >= 0.6 is 11.6 Å². The van der Waals surface area contributed by atoms with Gasteiger partial charge in [0.2, 0.25) is 0 Å². The van der Waals surface area contributed by atoms with Crippen molar-refractivity contribution in [3.05, 3.63) is 28.8 Å². The molecule has 1 N–H and O–H groups in total. The standard InChI is InChI=1S/C15H20ClF3N2/c1-10(2)20-8-12-13(16)4-3-5-14(12)21(11-6-7-11)9-15(17,18)19/h3-5,10-11,20H,6-9H2,1-2H3. The Morgan fingerprint density at radius 2 is 2.00 bits per heavy atom. The summed E-state index contributed by atoms with van der Waals surface area (Å²) in [5.74, 6) is 0. The topological polar surface area (TPSA) is 15.3 Å². The molecule has 2 rings (SSSR count). The first-order chi connectivity index (χ1) is 9.78. The SMILES string of the molecule is CC(C)NCc1c(Cl)cccc1N(CC(F)(F)F)C1CC1. The predicted octanol–water partition coefficient (Wildman–Crippen LogP) is 4.37. The van der Waals surface area contributed by atoms with Crippen LogP contribution < -0.4 is 10.2 Å². The third-order valence-electron chi connectivity index (χ3n) is 3.43. The zero-order valence-corrected chi connectivity index (χ0v) is 12.9. The first-order valence-electron chi connectivity index (χ1n) is 7.12. The lowest BCUT2D eigenvalue weighted by molar-refractivity contribution is -0.120. The zero-order chi connectivity index (χ0) is 15.6. The molecule has 0 aromatic heterocycles. The van der Waals surface area contributed by atoms with Crippen LogP contribution in [0.5, 0.6) is 0 Å². The number of alkyl halides is 3. The van der Waals surface area contributed by atoms with Crippen LogP contribution in [0.15, 0.2) is 18.2 Å². The van der Waals surface area contributed by atoms with E-state index in [1.807, 2.05) is 13.8 Å². The van der Waals surface area contributed by atoms with Crippen molar-refractivity contribution in [2.75, 3.05) is 11.4 Å². The Balaban J connectivity index is 2.28. The van der Waals surface area contributed by atoms with Crippen LogP contribution in [0.4, 0.5) is 18.9 Å². The molecule has 0 spiro atoms. The van der Waals surface area contributed by atoms with Gasteiger partial charge in [-0.1, -0.05) is 31.5 Å². The number of rotatable bonds is 6. The Kier molecular flexibility index (Phi) is 5.04. The van der Waals surface area contributed by atoms with Gasteiger partial charge in [-0.2, -0.15) is 13.2 Å². The molecular formula is C15H20ClF3N2. The number of nitrogens with zero attached hydrogens (tertiary/aromatic N) is 1. The van der Waals surface area contributed by atoms with E-state index in [1.54, 1.807) is 18.2 Å². The van der Waals surface area contributed by atoms with Gasteiger partial charge in [0.1, 0.15) is 6.54 Å². The van der Waals surface area contributed by atoms with Crippen molar-refractivity contribution in [3.8, 4) is 0 Å². The summed E-state index contributed by atoms with van der Waals surface area (Å²) in [5.41, 5.74) is 1.33. The van der Waals surface area contributed by atoms with E-state index in [0.717, 1.165) is 18.4 Å². The molecule has 6 heteroatoms. The first kappa shape index (κ1) is 16.4. The molecule has 21 heavy (non-hydrogen) atoms. The Morgan fingerprint density at radius 3 is 2.52 bits per heavy atom. The molecule has 0 radical (unpaired) electrons. The largest absolute Gasteiger partial charge is 0.405 e. The second-order valence-corrected chi connectivity index (χ2v) is 6.15. The van der Waals surface area contributed by atoms with E-state index < -0.39 is 12.7 Å². The highest BCUT2D eigenvalue weighted by Crippen LogP contribution is 2.38. The molecular weight excluding hydrogens is 301 g/mol. The summed E-state index contributed by atoms with van der Waals surface area (Å²) in [5, 5.41) is 3.74. The van der Waals surface area contributed by atoms with Gasteiger partial charge in [0, 0.05) is 34.9 Å². The van der Waals surface area contributed by atoms with E-state index in [-0.39, 0.29) is 12.1 Å². The van der Waals surface area contributed by atoms with Crippen LogP contribution in [0, 0.1) is 0 Å². The van der Waals surface area contributed by atoms with Crippen molar-refractivity contribution in [2.24, 2.45) is 0 Å². The van der Waals surface area contributed by atoms with E-state index in [9.17, 15) is 13.2 Å². The van der Waals surface area contributed by atoms with Crippen molar-refractivity contribution < 1.29 is 13.2 Å². The van der Waals surface area contributed by atoms with Gasteiger partial charge in [0.25, 0.3) is 0 Å². The predicted molar refractivity (Wildman–Crippen MR) is 79.9 cm³/mol. The average Bonchev–Trinajstić information content (AvgIpc) is 3.17. The van der Waals surface area contributed by atoms with Gasteiger partial charge in [-0.05, 0) is 25.0 Å². The molecule has 1 aliphatic carbocycles. The van der Waals surface area contributed by atoms with E-state index in [2.05, 4.69) is 5.32 Å². The van der Waals surface area contributed by atoms with Gasteiger partial charge in [-0.25, -0.2) is 0 Å². The Morgan fingerprint density at radius 1 is 1.33 bits per heavy atom. The van der Waals surface area contributed by atoms with Crippen LogP contribution in [0.1, 0.15) is 32.3 Å². The summed E-state index contributed by atoms with van der Waals surface area (Å²) in [6.07, 6.45) is -2.60. The summed E-state index contributed by atoms with van der Waals surface area (Å²) in [6.45, 7) is 3.52. The highest BCUT2D eigenvalue weighted by Gasteiger charge is 2.39. The Hall–Kier alpha value is -0.940. The van der Waals surface area contributed by atoms with Crippen molar-refractivity contribution in [1.29, 1.82) is 0 Å². The molecule has 1 saturated carbocycles. The fourth-order valence-corrected chi connectivity index (χ4v) is 2.52. The van der Waals surface area contributed by atoms with Gasteiger partial charge >= 0.3 is 6.18 Å². The van der Waals surface area contributed by atoms with Gasteiger partial charge in [-0.3, -0.25) is 0 Å². The van der Waals surface area contributed by atoms with Crippen LogP contribution in [0.25, 0.3) is 0 Å². The maximum absolute atomic E-state index is 12.8. The number of hydrogen-bond donors (Lipinski definition) is 1. The number of hydrogen-bond acceptors (Lipinski definition) is 2. The molecule has 1 aromatic carbocycles. The normalized spacial score (nSPS) is 15.6. The van der Waals surface area contributed by atoms with Crippen LogP contribution in [0.2, 0.25) is 5.02 Å². The van der Waals surface area contributed by atoms with Crippen LogP contribution in [0.3, 0.4) is 0 Å². The van der Waals surface area contributed by atoms with Crippen molar-refractivity contribution in [3.63, 3.8) is 0 Å². The number of benzene rings is 1. The third kappa shape index (κ3) is 4.78. The van der Waals surface area contributed by atoms with Crippen LogP contribution in [-0.4, -0.2) is 24.8 Å². The van der Waals surface area contributed by atoms with Gasteiger partial charge in [0.05, 0.1) is 0 Å². The summed E-state index contributed by atoms with van der Waals surface area (Å²) in [7, 11) is 0. The van der Waals surface area contributed by atoms with Crippen molar-refractivity contribution in [1.82, 2.24) is 5.32 Å². The lowest BCUT2D eigenvalue weighted by Crippen LogP contribution is -2.37. The number of nitrogens with one attached hydrogen (secondary N) is 1. The van der Waals surface area contributed by atoms with E-state index in [1.165, 1.54) is 4.90 Å². The van der Waals surface area contributed by atoms with E-state index >= 15 is 0 Å². The molecule has 1 aromatic rings. The molecule has 2 nitrogen and oxygen atoms in total. The van der Waals surface area contributed by atoms with Gasteiger partial charge in [-0.15, -0.1) is 0 Å². The Bertz CT molecular complexity index is 484. The molecule has 0 heterocycles. The lowest BCUT2D eigenvalue weighted by Gasteiger charge is -2.29. The molecule has 118 valence electrons. The van der Waals surface area contributed by atoms with Gasteiger partial charge < -0.3 is 10.2 Å². The van der Waals surface area contributed by atoms with E-state index in [4.69, 9.17) is 11.6 Å². The number of anilines is 1. The maximum atomic E-state index is 12.8. The maximum Gasteiger partial charge on any atom is 0.405 e. The first-order valence-corrected chi connectivity index (χ1v) is 7.50. The van der Waals surface area contributed by atoms with Crippen molar-refractivity contribution in [2.45, 2.75) is 51.5 Å². The molecule has 0 bridgehead atoms. The second kappa shape index (κ2) is 6.44. The van der Waals surface area contributed by atoms with E-state index in [0.29, 0.717) is 17.3 Å². The smallest absolute Gasteiger partial charge is 0.359 e. The molecule has 0 atom stereocenters. The molecule has 1 aliphatic rings. The minimum absolute atomic E-state index is 0.0251. The minimum atomic E-state index is -4.21. The molecule has 0 unspecified atom stereocenters. The summed E-state index contributed by atoms with van der Waals surface area (Å²) in [4.78, 5) is 1.45. The zero-order valence-electron chi connectivity index (χ0n) is 12.2. The average molecular weight is 321 g/mol. The second-order valence-electron chi connectivity index (χ2n) is 5.75. The van der Waals surface area contributed by atoms with Gasteiger partial charge in [0.15, 0.2) is 0 Å². The minimum Gasteiger partial charge on any atom is -0.359 e. The van der Waals surface area contributed by atoms with Crippen molar-refractivity contribution >= 4 is 17.3 Å². The number of halogens is 4. The molecule has 0 aliphatic heterocycles. The fourth-order valence-electron chi connectivity index (χ4n) is 2.29. The fraction of sp³-hybridized carbons (Fsp3) is 0.600. The molecule has 0 saturated heterocycles. The summed E-state index contributed by atoms with van der Waals surface area (Å²) < 4.78 is 38.5. The lowest BCUT2D eigenvalue weighted by atomic mass is 10.1. The highest BCUT2D eigenvalue weighted by atomic mass is 35.5. The third-order valence-corrected chi connectivity index (χ3v) is 3.78. The Labute approximate surface area is 128 Å². The quantitative estimate of drug-likeness (QED) is 0.837. The molecule has 1 fully saturated rings. The summed E-state index contributed by atoms with van der Waals surface area (Å²) in [6, 6.07) is 5.38. The highest BCUT2D eigenvalue weighted by molar-refractivity contribution is 6.31. The van der Waals surface area contributed by atoms with Crippen LogP contribution in [-0.2, 0) is 6.54 Å².